The molecule has 4 rings (SSSR count). The number of piperidine rings is 1. The second-order valence-electron chi connectivity index (χ2n) is 7.78. The Morgan fingerprint density at radius 3 is 2.19 bits per heavy atom. The molecule has 2 aliphatic rings. The maximum atomic E-state index is 13.1. The van der Waals surface area contributed by atoms with Crippen molar-refractivity contribution in [3.63, 3.8) is 0 Å². The first-order valence-electron chi connectivity index (χ1n) is 10.2. The van der Waals surface area contributed by atoms with Crippen LogP contribution in [0.3, 0.4) is 0 Å². The second-order valence-corrected chi connectivity index (χ2v) is 7.78. The van der Waals surface area contributed by atoms with Crippen LogP contribution >= 0.6 is 0 Å². The summed E-state index contributed by atoms with van der Waals surface area (Å²) < 4.78 is 10.5. The molecule has 0 bridgehead atoms. The summed E-state index contributed by atoms with van der Waals surface area (Å²) in [6.07, 6.45) is 0.741. The van der Waals surface area contributed by atoms with Crippen molar-refractivity contribution in [3.8, 4) is 11.5 Å². The predicted octanol–water partition coefficient (Wildman–Crippen LogP) is 2.43. The van der Waals surface area contributed by atoms with E-state index in [1.807, 2.05) is 30.3 Å². The molecule has 0 aromatic heterocycles. The van der Waals surface area contributed by atoms with E-state index in [4.69, 9.17) is 9.47 Å². The normalized spacial score (nSPS) is 17.6. The molecule has 1 N–H and O–H groups in total. The van der Waals surface area contributed by atoms with E-state index in [-0.39, 0.29) is 24.4 Å². The molecule has 8 heteroatoms. The van der Waals surface area contributed by atoms with Crippen LogP contribution in [0.4, 0.5) is 4.79 Å². The van der Waals surface area contributed by atoms with E-state index in [0.717, 1.165) is 5.56 Å². The van der Waals surface area contributed by atoms with Gasteiger partial charge in [-0.3, -0.25) is 14.5 Å². The maximum Gasteiger partial charge on any atom is 0.325 e. The molecule has 0 aliphatic carbocycles. The van der Waals surface area contributed by atoms with Gasteiger partial charge in [-0.15, -0.1) is 0 Å². The smallest absolute Gasteiger partial charge is 0.325 e. The minimum atomic E-state index is -0.950. The molecule has 2 fully saturated rings. The Hall–Kier alpha value is -3.55. The molecule has 2 aliphatic heterocycles. The van der Waals surface area contributed by atoms with Crippen molar-refractivity contribution in [2.75, 3.05) is 27.3 Å². The van der Waals surface area contributed by atoms with E-state index in [0.29, 0.717) is 43.0 Å². The Morgan fingerprint density at radius 2 is 1.61 bits per heavy atom. The van der Waals surface area contributed by atoms with Gasteiger partial charge < -0.3 is 19.7 Å². The number of ether oxygens (including phenoxy) is 2. The second kappa shape index (κ2) is 8.29. The summed E-state index contributed by atoms with van der Waals surface area (Å²) in [5.74, 6) is 0.679. The highest BCUT2D eigenvalue weighted by Crippen LogP contribution is 2.32. The van der Waals surface area contributed by atoms with Crippen molar-refractivity contribution in [2.24, 2.45) is 0 Å². The average molecular weight is 423 g/mol. The van der Waals surface area contributed by atoms with E-state index in [1.54, 1.807) is 23.1 Å². The third-order valence-corrected chi connectivity index (χ3v) is 5.93. The van der Waals surface area contributed by atoms with Crippen molar-refractivity contribution in [1.29, 1.82) is 0 Å². The fraction of sp³-hybridized carbons (Fsp3) is 0.348. The molecular formula is C23H25N3O5. The monoisotopic (exact) mass is 423 g/mol. The lowest BCUT2D eigenvalue weighted by atomic mass is 9.87. The van der Waals surface area contributed by atoms with Gasteiger partial charge in [0.25, 0.3) is 11.8 Å². The van der Waals surface area contributed by atoms with Crippen LogP contribution in [0.1, 0.15) is 28.8 Å². The molecule has 4 amide bonds. The third-order valence-electron chi connectivity index (χ3n) is 5.93. The Morgan fingerprint density at radius 1 is 1.00 bits per heavy atom. The lowest BCUT2D eigenvalue weighted by molar-refractivity contribution is -0.133. The Balaban J connectivity index is 1.45. The number of urea groups is 1. The van der Waals surface area contributed by atoms with Crippen LogP contribution in [0.25, 0.3) is 0 Å². The summed E-state index contributed by atoms with van der Waals surface area (Å²) in [6, 6.07) is 14.1. The highest BCUT2D eigenvalue weighted by Gasteiger charge is 2.52. The summed E-state index contributed by atoms with van der Waals surface area (Å²) in [7, 11) is 3.06. The first-order valence-corrected chi connectivity index (χ1v) is 10.2. The number of likely N-dealkylation sites (tertiary alicyclic amines) is 1. The topological polar surface area (TPSA) is 88.2 Å². The van der Waals surface area contributed by atoms with Crippen molar-refractivity contribution in [3.05, 3.63) is 59.7 Å². The lowest BCUT2D eigenvalue weighted by Crippen LogP contribution is -2.55. The quantitative estimate of drug-likeness (QED) is 0.747. The number of nitrogens with one attached hydrogen (secondary N) is 1. The molecule has 0 unspecified atom stereocenters. The van der Waals surface area contributed by atoms with Crippen molar-refractivity contribution >= 4 is 17.8 Å². The van der Waals surface area contributed by atoms with Gasteiger partial charge in [0.2, 0.25) is 0 Å². The molecular weight excluding hydrogens is 398 g/mol. The Kier molecular flexibility index (Phi) is 5.54. The fourth-order valence-corrected chi connectivity index (χ4v) is 4.13. The van der Waals surface area contributed by atoms with Gasteiger partial charge in [0.15, 0.2) is 0 Å². The zero-order chi connectivity index (χ0) is 22.0. The van der Waals surface area contributed by atoms with E-state index in [2.05, 4.69) is 5.32 Å². The molecule has 2 heterocycles. The van der Waals surface area contributed by atoms with Crippen LogP contribution in [-0.4, -0.2) is 60.5 Å². The minimum absolute atomic E-state index is 0.162. The van der Waals surface area contributed by atoms with Gasteiger partial charge >= 0.3 is 6.03 Å². The first-order chi connectivity index (χ1) is 15.0. The Bertz CT molecular complexity index is 977. The number of benzene rings is 2. The Labute approximate surface area is 180 Å². The number of hydrogen-bond donors (Lipinski definition) is 1. The van der Waals surface area contributed by atoms with Gasteiger partial charge in [-0.2, -0.15) is 0 Å². The molecule has 0 saturated carbocycles. The molecule has 162 valence electrons. The number of rotatable bonds is 5. The third kappa shape index (κ3) is 3.93. The van der Waals surface area contributed by atoms with Crippen LogP contribution in [0.2, 0.25) is 0 Å². The summed E-state index contributed by atoms with van der Waals surface area (Å²) in [5, 5.41) is 2.88. The van der Waals surface area contributed by atoms with Crippen molar-refractivity contribution in [1.82, 2.24) is 15.1 Å². The van der Waals surface area contributed by atoms with Crippen LogP contribution in [0.5, 0.6) is 11.5 Å². The SMILES string of the molecule is COc1cc(OC)cc(C(=O)N2CCC3(CC2)NC(=O)N(Cc2ccccc2)C3=O)c1. The van der Waals surface area contributed by atoms with E-state index in [1.165, 1.54) is 19.1 Å². The number of methoxy groups -OCH3 is 2. The zero-order valence-corrected chi connectivity index (χ0v) is 17.6. The zero-order valence-electron chi connectivity index (χ0n) is 17.6. The highest BCUT2D eigenvalue weighted by atomic mass is 16.5. The maximum absolute atomic E-state index is 13.1. The van der Waals surface area contributed by atoms with Gasteiger partial charge in [-0.1, -0.05) is 30.3 Å². The van der Waals surface area contributed by atoms with Crippen LogP contribution in [0.15, 0.2) is 48.5 Å². The molecule has 1 spiro atoms. The molecule has 0 radical (unpaired) electrons. The van der Waals surface area contributed by atoms with Crippen molar-refractivity contribution < 1.29 is 23.9 Å². The molecule has 0 atom stereocenters. The summed E-state index contributed by atoms with van der Waals surface area (Å²) in [5.41, 5.74) is 0.400. The van der Waals surface area contributed by atoms with Gasteiger partial charge in [0.1, 0.15) is 17.0 Å². The lowest BCUT2D eigenvalue weighted by Gasteiger charge is -2.37. The molecule has 31 heavy (non-hydrogen) atoms. The number of carbonyl (C=O) groups is 3. The van der Waals surface area contributed by atoms with E-state index in [9.17, 15) is 14.4 Å². The average Bonchev–Trinajstić information content (AvgIpc) is 3.03. The number of imide groups is 1. The predicted molar refractivity (Wildman–Crippen MR) is 113 cm³/mol. The van der Waals surface area contributed by atoms with Crippen LogP contribution in [0, 0.1) is 0 Å². The highest BCUT2D eigenvalue weighted by molar-refractivity contribution is 6.07. The molecule has 2 aromatic carbocycles. The number of amides is 4. The molecule has 8 nitrogen and oxygen atoms in total. The van der Waals surface area contributed by atoms with Gasteiger partial charge in [0.05, 0.1) is 20.8 Å². The number of nitrogens with zero attached hydrogens (tertiary/aromatic N) is 2. The van der Waals surface area contributed by atoms with Gasteiger partial charge in [-0.05, 0) is 30.5 Å². The van der Waals surface area contributed by atoms with Gasteiger partial charge in [-0.25, -0.2) is 4.79 Å². The van der Waals surface area contributed by atoms with Crippen LogP contribution < -0.4 is 14.8 Å². The molecule has 2 aromatic rings. The van der Waals surface area contributed by atoms with Gasteiger partial charge in [0, 0.05) is 24.7 Å². The van der Waals surface area contributed by atoms with Crippen LogP contribution in [-0.2, 0) is 11.3 Å². The van der Waals surface area contributed by atoms with Crippen molar-refractivity contribution in [2.45, 2.75) is 24.9 Å². The van der Waals surface area contributed by atoms with E-state index < -0.39 is 5.54 Å². The largest absolute Gasteiger partial charge is 0.497 e. The number of carbonyl (C=O) groups excluding carboxylic acids is 3. The minimum Gasteiger partial charge on any atom is -0.497 e. The standard InChI is InChI=1S/C23H25N3O5/c1-30-18-12-17(13-19(14-18)31-2)20(27)25-10-8-23(9-11-25)21(28)26(22(29)24-23)15-16-6-4-3-5-7-16/h3-7,12-14H,8-11,15H2,1-2H3,(H,24,29). The molecule has 2 saturated heterocycles. The van der Waals surface area contributed by atoms with E-state index >= 15 is 0 Å². The number of hydrogen-bond acceptors (Lipinski definition) is 5. The fourth-order valence-electron chi connectivity index (χ4n) is 4.13. The summed E-state index contributed by atoms with van der Waals surface area (Å²) >= 11 is 0. The summed E-state index contributed by atoms with van der Waals surface area (Å²) in [4.78, 5) is 41.6. The summed E-state index contributed by atoms with van der Waals surface area (Å²) in [6.45, 7) is 0.965. The first kappa shape index (κ1) is 20.7.